The molecule has 1 N–H and O–H groups in total. The second-order valence-electron chi connectivity index (χ2n) is 7.62. The largest absolute Gasteiger partial charge is 0.356 e. The summed E-state index contributed by atoms with van der Waals surface area (Å²) in [6, 6.07) is 12.1. The molecule has 1 aliphatic rings. The maximum Gasteiger partial charge on any atom is 0.225 e. The molecule has 3 heterocycles. The lowest BCUT2D eigenvalue weighted by molar-refractivity contribution is 0.370. The summed E-state index contributed by atoms with van der Waals surface area (Å²) in [5, 5.41) is 8.19. The molecule has 1 fully saturated rings. The van der Waals surface area contributed by atoms with Crippen molar-refractivity contribution in [1.82, 2.24) is 30.0 Å². The minimum atomic E-state index is 0.802. The number of anilines is 1. The van der Waals surface area contributed by atoms with Gasteiger partial charge in [0.1, 0.15) is 0 Å². The van der Waals surface area contributed by atoms with Gasteiger partial charge < -0.3 is 15.1 Å². The molecule has 0 unspecified atom stereocenters. The van der Waals surface area contributed by atoms with Gasteiger partial charge >= 0.3 is 0 Å². The van der Waals surface area contributed by atoms with Gasteiger partial charge in [-0.1, -0.05) is 18.2 Å². The summed E-state index contributed by atoms with van der Waals surface area (Å²) in [6.07, 6.45) is 7.74. The van der Waals surface area contributed by atoms with Gasteiger partial charge in [0, 0.05) is 58.4 Å². The molecule has 0 aliphatic carbocycles. The predicted molar refractivity (Wildman–Crippen MR) is 124 cm³/mol. The molecule has 0 spiro atoms. The molecule has 8 nitrogen and oxygen atoms in total. The molecule has 1 saturated heterocycles. The van der Waals surface area contributed by atoms with Crippen molar-refractivity contribution in [3.8, 4) is 5.69 Å². The highest BCUT2D eigenvalue weighted by Crippen LogP contribution is 2.13. The highest BCUT2D eigenvalue weighted by atomic mass is 15.4. The molecule has 0 radical (unpaired) electrons. The maximum absolute atomic E-state index is 4.67. The number of rotatable bonds is 6. The number of aryl methyl sites for hydroxylation is 2. The van der Waals surface area contributed by atoms with Crippen LogP contribution >= 0.6 is 0 Å². The summed E-state index contributed by atoms with van der Waals surface area (Å²) in [5.41, 5.74) is 3.47. The Labute approximate surface area is 183 Å². The first-order valence-electron chi connectivity index (χ1n) is 10.8. The summed E-state index contributed by atoms with van der Waals surface area (Å²) < 4.78 is 1.97. The summed E-state index contributed by atoms with van der Waals surface area (Å²) in [4.78, 5) is 17.7. The van der Waals surface area contributed by atoms with E-state index in [1.54, 1.807) is 12.4 Å². The van der Waals surface area contributed by atoms with Gasteiger partial charge in [-0.15, -0.1) is 0 Å². The van der Waals surface area contributed by atoms with E-state index < -0.39 is 0 Å². The minimum Gasteiger partial charge on any atom is -0.356 e. The summed E-state index contributed by atoms with van der Waals surface area (Å²) in [5.74, 6) is 1.77. The lowest BCUT2D eigenvalue weighted by Crippen LogP contribution is -2.53. The van der Waals surface area contributed by atoms with Gasteiger partial charge in [0.15, 0.2) is 5.96 Å². The molecule has 162 valence electrons. The third-order valence-electron chi connectivity index (χ3n) is 5.55. The van der Waals surface area contributed by atoms with Crippen molar-refractivity contribution >= 4 is 11.9 Å². The summed E-state index contributed by atoms with van der Waals surface area (Å²) in [6.45, 7) is 6.55. The highest BCUT2D eigenvalue weighted by molar-refractivity contribution is 5.80. The number of nitrogens with one attached hydrogen (secondary N) is 1. The van der Waals surface area contributed by atoms with E-state index >= 15 is 0 Å². The van der Waals surface area contributed by atoms with E-state index in [0.717, 1.165) is 68.9 Å². The number of benzene rings is 1. The van der Waals surface area contributed by atoms with Crippen molar-refractivity contribution in [3.63, 3.8) is 0 Å². The van der Waals surface area contributed by atoms with Crippen LogP contribution < -0.4 is 10.2 Å². The van der Waals surface area contributed by atoms with Gasteiger partial charge in [0.2, 0.25) is 5.95 Å². The summed E-state index contributed by atoms with van der Waals surface area (Å²) in [7, 11) is 1.85. The molecule has 4 rings (SSSR count). The first kappa shape index (κ1) is 20.8. The third kappa shape index (κ3) is 5.20. The zero-order chi connectivity index (χ0) is 21.5. The van der Waals surface area contributed by atoms with E-state index in [0.29, 0.717) is 0 Å². The standard InChI is InChI=1S/C23H30N8/c1-19-20(18-31(28-19)21-9-4-3-5-10-21)8-6-11-25-22(24-2)29-14-16-30(17-15-29)23-26-12-7-13-27-23/h3-5,7,9-10,12-13,18H,6,8,11,14-17H2,1-2H3,(H,24,25). The van der Waals surface area contributed by atoms with Crippen molar-refractivity contribution < 1.29 is 0 Å². The molecule has 1 aliphatic heterocycles. The molecule has 0 amide bonds. The lowest BCUT2D eigenvalue weighted by Gasteiger charge is -2.36. The van der Waals surface area contributed by atoms with Crippen molar-refractivity contribution in [2.45, 2.75) is 19.8 Å². The number of hydrogen-bond donors (Lipinski definition) is 1. The second kappa shape index (κ2) is 10.1. The van der Waals surface area contributed by atoms with Crippen LogP contribution in [-0.4, -0.2) is 70.4 Å². The van der Waals surface area contributed by atoms with Crippen LogP contribution in [0.1, 0.15) is 17.7 Å². The first-order valence-corrected chi connectivity index (χ1v) is 10.8. The fourth-order valence-electron chi connectivity index (χ4n) is 3.84. The molecule has 0 saturated carbocycles. The van der Waals surface area contributed by atoms with Crippen molar-refractivity contribution in [2.75, 3.05) is 44.7 Å². The van der Waals surface area contributed by atoms with E-state index in [4.69, 9.17) is 0 Å². The number of aliphatic imine (C=N–C) groups is 1. The molecule has 1 aromatic carbocycles. The number of nitrogens with zero attached hydrogens (tertiary/aromatic N) is 7. The van der Waals surface area contributed by atoms with E-state index in [1.807, 2.05) is 36.0 Å². The van der Waals surface area contributed by atoms with Crippen LogP contribution in [0, 0.1) is 6.92 Å². The molecular weight excluding hydrogens is 388 g/mol. The lowest BCUT2D eigenvalue weighted by atomic mass is 10.1. The molecule has 3 aromatic rings. The average molecular weight is 419 g/mol. The minimum absolute atomic E-state index is 0.802. The Hall–Kier alpha value is -3.42. The smallest absolute Gasteiger partial charge is 0.225 e. The fraction of sp³-hybridized carbons (Fsp3) is 0.391. The van der Waals surface area contributed by atoms with Gasteiger partial charge in [0.25, 0.3) is 0 Å². The van der Waals surface area contributed by atoms with Gasteiger partial charge in [-0.05, 0) is 43.5 Å². The Kier molecular flexibility index (Phi) is 6.76. The predicted octanol–water partition coefficient (Wildman–Crippen LogP) is 2.30. The maximum atomic E-state index is 4.67. The van der Waals surface area contributed by atoms with E-state index in [9.17, 15) is 0 Å². The average Bonchev–Trinajstić information content (AvgIpc) is 3.21. The van der Waals surface area contributed by atoms with Crippen LogP contribution in [-0.2, 0) is 6.42 Å². The van der Waals surface area contributed by atoms with Crippen molar-refractivity contribution in [2.24, 2.45) is 4.99 Å². The topological polar surface area (TPSA) is 74.5 Å². The van der Waals surface area contributed by atoms with Crippen LogP contribution in [0.25, 0.3) is 5.69 Å². The Bertz CT molecular complexity index is 975. The third-order valence-corrected chi connectivity index (χ3v) is 5.55. The highest BCUT2D eigenvalue weighted by Gasteiger charge is 2.20. The van der Waals surface area contributed by atoms with Gasteiger partial charge in [-0.3, -0.25) is 4.99 Å². The van der Waals surface area contributed by atoms with Gasteiger partial charge in [-0.25, -0.2) is 14.6 Å². The zero-order valence-electron chi connectivity index (χ0n) is 18.3. The molecular formula is C23H30N8. The van der Waals surface area contributed by atoms with E-state index in [2.05, 4.69) is 60.4 Å². The van der Waals surface area contributed by atoms with Crippen LogP contribution in [0.5, 0.6) is 0 Å². The Morgan fingerprint density at radius 1 is 1.03 bits per heavy atom. The number of aromatic nitrogens is 4. The van der Waals surface area contributed by atoms with Crippen LogP contribution in [0.4, 0.5) is 5.95 Å². The molecule has 2 aromatic heterocycles. The molecule has 8 heteroatoms. The van der Waals surface area contributed by atoms with E-state index in [1.165, 1.54) is 5.56 Å². The Morgan fingerprint density at radius 3 is 2.48 bits per heavy atom. The quantitative estimate of drug-likeness (QED) is 0.376. The first-order chi connectivity index (χ1) is 15.2. The second-order valence-corrected chi connectivity index (χ2v) is 7.62. The fourth-order valence-corrected chi connectivity index (χ4v) is 3.84. The monoisotopic (exact) mass is 418 g/mol. The Balaban J connectivity index is 1.24. The molecule has 0 bridgehead atoms. The van der Waals surface area contributed by atoms with Crippen LogP contribution in [0.15, 0.2) is 60.0 Å². The van der Waals surface area contributed by atoms with E-state index in [-0.39, 0.29) is 0 Å². The summed E-state index contributed by atoms with van der Waals surface area (Å²) >= 11 is 0. The zero-order valence-corrected chi connectivity index (χ0v) is 18.3. The number of para-hydroxylation sites is 1. The van der Waals surface area contributed by atoms with Gasteiger partial charge in [-0.2, -0.15) is 5.10 Å². The van der Waals surface area contributed by atoms with Crippen molar-refractivity contribution in [3.05, 3.63) is 66.2 Å². The molecule has 0 atom stereocenters. The number of piperazine rings is 1. The van der Waals surface area contributed by atoms with Crippen LogP contribution in [0.2, 0.25) is 0 Å². The normalized spacial score (nSPS) is 14.7. The SMILES string of the molecule is CN=C(NCCCc1cn(-c2ccccc2)nc1C)N1CCN(c2ncccn2)CC1. The number of guanidine groups is 1. The molecule has 31 heavy (non-hydrogen) atoms. The number of hydrogen-bond acceptors (Lipinski definition) is 5. The van der Waals surface area contributed by atoms with Gasteiger partial charge in [0.05, 0.1) is 11.4 Å². The van der Waals surface area contributed by atoms with Crippen molar-refractivity contribution in [1.29, 1.82) is 0 Å². The van der Waals surface area contributed by atoms with Crippen LogP contribution in [0.3, 0.4) is 0 Å². The Morgan fingerprint density at radius 2 is 1.77 bits per heavy atom.